The van der Waals surface area contributed by atoms with Crippen LogP contribution in [0.25, 0.3) is 10.8 Å². The van der Waals surface area contributed by atoms with Crippen molar-refractivity contribution in [2.45, 2.75) is 6.42 Å². The number of benzene rings is 3. The van der Waals surface area contributed by atoms with Crippen LogP contribution in [0.15, 0.2) is 72.8 Å². The van der Waals surface area contributed by atoms with Gasteiger partial charge < -0.3 is 4.90 Å². The number of fused-ring (bicyclic) bond motifs is 1. The third-order valence-corrected chi connectivity index (χ3v) is 5.48. The fraction of sp³-hybridized carbons (Fsp3) is 0.250. The van der Waals surface area contributed by atoms with Gasteiger partial charge in [-0.1, -0.05) is 48.5 Å². The molecule has 6 heteroatoms. The van der Waals surface area contributed by atoms with Gasteiger partial charge >= 0.3 is 0 Å². The number of carbonyl (C=O) groups is 2. The first-order valence-corrected chi connectivity index (χ1v) is 10.3. The number of piperazine rings is 1. The highest BCUT2D eigenvalue weighted by atomic mass is 16.2. The number of rotatable bonds is 5. The fourth-order valence-corrected chi connectivity index (χ4v) is 3.72. The summed E-state index contributed by atoms with van der Waals surface area (Å²) in [5.41, 5.74) is 6.80. The molecule has 2 amide bonds. The lowest BCUT2D eigenvalue weighted by atomic mass is 10.1. The number of nitrogens with zero attached hydrogens (tertiary/aromatic N) is 2. The van der Waals surface area contributed by atoms with Crippen LogP contribution in [0.4, 0.5) is 5.69 Å². The number of hydrogen-bond acceptors (Lipinski definition) is 4. The predicted octanol–water partition coefficient (Wildman–Crippen LogP) is 2.81. The van der Waals surface area contributed by atoms with E-state index in [0.29, 0.717) is 18.5 Å². The van der Waals surface area contributed by atoms with E-state index in [0.717, 1.165) is 37.0 Å². The second kappa shape index (κ2) is 9.41. The Labute approximate surface area is 176 Å². The van der Waals surface area contributed by atoms with Gasteiger partial charge in [-0.15, -0.1) is 0 Å². The summed E-state index contributed by atoms with van der Waals surface area (Å²) in [6.07, 6.45) is 0.351. The highest BCUT2D eigenvalue weighted by molar-refractivity contribution is 5.99. The maximum Gasteiger partial charge on any atom is 0.269 e. The van der Waals surface area contributed by atoms with Crippen molar-refractivity contribution in [2.24, 2.45) is 0 Å². The number of anilines is 1. The largest absolute Gasteiger partial charge is 0.369 e. The minimum atomic E-state index is -0.314. The van der Waals surface area contributed by atoms with Crippen LogP contribution >= 0.6 is 0 Å². The van der Waals surface area contributed by atoms with Gasteiger partial charge in [-0.2, -0.15) is 0 Å². The molecule has 1 aliphatic heterocycles. The third kappa shape index (κ3) is 4.96. The summed E-state index contributed by atoms with van der Waals surface area (Å²) in [7, 11) is 0. The van der Waals surface area contributed by atoms with Gasteiger partial charge in [0.1, 0.15) is 0 Å². The van der Waals surface area contributed by atoms with E-state index in [1.807, 2.05) is 42.5 Å². The molecule has 1 saturated heterocycles. The molecule has 6 nitrogen and oxygen atoms in total. The molecule has 4 rings (SSSR count). The number of hydrogen-bond donors (Lipinski definition) is 2. The topological polar surface area (TPSA) is 64.7 Å². The van der Waals surface area contributed by atoms with E-state index in [4.69, 9.17) is 0 Å². The van der Waals surface area contributed by atoms with E-state index in [2.05, 4.69) is 44.9 Å². The molecule has 0 aromatic heterocycles. The van der Waals surface area contributed by atoms with E-state index in [9.17, 15) is 9.59 Å². The summed E-state index contributed by atoms with van der Waals surface area (Å²) in [6, 6.07) is 23.7. The Morgan fingerprint density at radius 3 is 2.23 bits per heavy atom. The van der Waals surface area contributed by atoms with Crippen LogP contribution in [0, 0.1) is 0 Å². The lowest BCUT2D eigenvalue weighted by Gasteiger charge is -2.36. The fourth-order valence-electron chi connectivity index (χ4n) is 3.72. The summed E-state index contributed by atoms with van der Waals surface area (Å²) in [6.45, 7) is 4.42. The SMILES string of the molecule is O=C(CCN1CCN(c2ccccc2)CC1)NNC(=O)c1ccc2ccccc2c1. The number of hydrazine groups is 1. The Hall–Kier alpha value is -3.38. The summed E-state index contributed by atoms with van der Waals surface area (Å²) >= 11 is 0. The average Bonchev–Trinajstić information content (AvgIpc) is 2.81. The molecule has 1 aliphatic rings. The van der Waals surface area contributed by atoms with Crippen molar-refractivity contribution in [3.63, 3.8) is 0 Å². The Kier molecular flexibility index (Phi) is 6.25. The minimum Gasteiger partial charge on any atom is -0.369 e. The highest BCUT2D eigenvalue weighted by Crippen LogP contribution is 2.16. The summed E-state index contributed by atoms with van der Waals surface area (Å²) in [4.78, 5) is 29.1. The van der Waals surface area contributed by atoms with Crippen LogP contribution in [0.2, 0.25) is 0 Å². The average molecular weight is 402 g/mol. The van der Waals surface area contributed by atoms with Gasteiger partial charge in [-0.05, 0) is 35.0 Å². The van der Waals surface area contributed by atoms with Crippen LogP contribution in [0.5, 0.6) is 0 Å². The first-order valence-electron chi connectivity index (χ1n) is 10.3. The monoisotopic (exact) mass is 402 g/mol. The maximum absolute atomic E-state index is 12.3. The zero-order valence-electron chi connectivity index (χ0n) is 16.9. The lowest BCUT2D eigenvalue weighted by molar-refractivity contribution is -0.122. The molecule has 3 aromatic rings. The zero-order valence-corrected chi connectivity index (χ0v) is 16.9. The number of nitrogens with one attached hydrogen (secondary N) is 2. The van der Waals surface area contributed by atoms with Crippen molar-refractivity contribution in [1.29, 1.82) is 0 Å². The second-order valence-corrected chi connectivity index (χ2v) is 7.48. The highest BCUT2D eigenvalue weighted by Gasteiger charge is 2.17. The normalized spacial score (nSPS) is 14.5. The van der Waals surface area contributed by atoms with Crippen molar-refractivity contribution in [3.8, 4) is 0 Å². The van der Waals surface area contributed by atoms with Crippen molar-refractivity contribution >= 4 is 28.3 Å². The molecule has 154 valence electrons. The van der Waals surface area contributed by atoms with E-state index < -0.39 is 0 Å². The Balaban J connectivity index is 1.19. The van der Waals surface area contributed by atoms with E-state index in [1.165, 1.54) is 5.69 Å². The van der Waals surface area contributed by atoms with Crippen LogP contribution in [-0.2, 0) is 4.79 Å². The molecule has 0 radical (unpaired) electrons. The molecule has 0 saturated carbocycles. The molecular formula is C24H26N4O2. The quantitative estimate of drug-likeness (QED) is 0.644. The van der Waals surface area contributed by atoms with E-state index >= 15 is 0 Å². The van der Waals surface area contributed by atoms with Gasteiger partial charge in [-0.25, -0.2) is 0 Å². The van der Waals surface area contributed by atoms with Crippen LogP contribution in [0.1, 0.15) is 16.8 Å². The molecule has 3 aromatic carbocycles. The van der Waals surface area contributed by atoms with Gasteiger partial charge in [-0.3, -0.25) is 25.3 Å². The summed E-state index contributed by atoms with van der Waals surface area (Å²) in [5.74, 6) is -0.500. The van der Waals surface area contributed by atoms with Crippen LogP contribution < -0.4 is 15.8 Å². The maximum atomic E-state index is 12.3. The smallest absolute Gasteiger partial charge is 0.269 e. The van der Waals surface area contributed by atoms with Crippen molar-refractivity contribution in [1.82, 2.24) is 15.8 Å². The van der Waals surface area contributed by atoms with Gasteiger partial charge in [0, 0.05) is 50.4 Å². The van der Waals surface area contributed by atoms with Gasteiger partial charge in [0.25, 0.3) is 5.91 Å². The van der Waals surface area contributed by atoms with Gasteiger partial charge in [0.05, 0.1) is 0 Å². The Bertz CT molecular complexity index is 1010. The van der Waals surface area contributed by atoms with E-state index in [-0.39, 0.29) is 11.8 Å². The summed E-state index contributed by atoms with van der Waals surface area (Å²) in [5, 5.41) is 2.07. The standard InChI is InChI=1S/C24H26N4O2/c29-23(12-13-27-14-16-28(17-15-27)22-8-2-1-3-9-22)25-26-24(30)21-11-10-19-6-4-5-7-20(19)18-21/h1-11,18H,12-17H2,(H,25,29)(H,26,30). The number of amides is 2. The van der Waals surface area contributed by atoms with Crippen LogP contribution in [0.3, 0.4) is 0 Å². The molecule has 1 heterocycles. The minimum absolute atomic E-state index is 0.186. The van der Waals surface area contributed by atoms with E-state index in [1.54, 1.807) is 6.07 Å². The summed E-state index contributed by atoms with van der Waals surface area (Å²) < 4.78 is 0. The van der Waals surface area contributed by atoms with Crippen molar-refractivity contribution in [2.75, 3.05) is 37.6 Å². The molecule has 1 fully saturated rings. The molecule has 0 aliphatic carbocycles. The van der Waals surface area contributed by atoms with Gasteiger partial charge in [0.2, 0.25) is 5.91 Å². The Morgan fingerprint density at radius 2 is 1.47 bits per heavy atom. The number of para-hydroxylation sites is 1. The first kappa shape index (κ1) is 19.9. The van der Waals surface area contributed by atoms with Crippen LogP contribution in [-0.4, -0.2) is 49.4 Å². The molecule has 2 N–H and O–H groups in total. The van der Waals surface area contributed by atoms with Crippen molar-refractivity contribution in [3.05, 3.63) is 78.4 Å². The molecule has 0 bridgehead atoms. The second-order valence-electron chi connectivity index (χ2n) is 7.48. The molecule has 0 unspecified atom stereocenters. The predicted molar refractivity (Wildman–Crippen MR) is 119 cm³/mol. The molecule has 30 heavy (non-hydrogen) atoms. The lowest BCUT2D eigenvalue weighted by Crippen LogP contribution is -2.48. The number of carbonyl (C=O) groups excluding carboxylic acids is 2. The Morgan fingerprint density at radius 1 is 0.767 bits per heavy atom. The van der Waals surface area contributed by atoms with Crippen molar-refractivity contribution < 1.29 is 9.59 Å². The molecule has 0 atom stereocenters. The zero-order chi connectivity index (χ0) is 20.8. The third-order valence-electron chi connectivity index (χ3n) is 5.48. The molecule has 0 spiro atoms. The molecular weight excluding hydrogens is 376 g/mol. The first-order chi connectivity index (χ1) is 14.7. The van der Waals surface area contributed by atoms with Gasteiger partial charge in [0.15, 0.2) is 0 Å².